The Hall–Kier alpha value is -2.62. The number of benzene rings is 1. The lowest BCUT2D eigenvalue weighted by Crippen LogP contribution is -2.26. The number of aromatic nitrogens is 2. The van der Waals surface area contributed by atoms with Crippen molar-refractivity contribution in [3.63, 3.8) is 0 Å². The molecule has 1 aromatic carbocycles. The SMILES string of the molecule is Cn1ccc(C(=O)O)n1.N[C@H]1CCN(c2c(Cl)cccc2/C=C2\SC(=O)CC2=O)C1. The third-order valence-corrected chi connectivity index (χ3v) is 5.82. The van der Waals surface area contributed by atoms with Crippen LogP contribution in [0, 0.1) is 0 Å². The summed E-state index contributed by atoms with van der Waals surface area (Å²) in [5.74, 6) is -1.11. The highest BCUT2D eigenvalue weighted by Crippen LogP contribution is 2.37. The van der Waals surface area contributed by atoms with E-state index in [4.69, 9.17) is 22.4 Å². The summed E-state index contributed by atoms with van der Waals surface area (Å²) in [6, 6.07) is 7.18. The van der Waals surface area contributed by atoms with Gasteiger partial charge < -0.3 is 15.7 Å². The lowest BCUT2D eigenvalue weighted by Gasteiger charge is -2.22. The Morgan fingerprint density at radius 1 is 1.37 bits per heavy atom. The van der Waals surface area contributed by atoms with Gasteiger partial charge in [-0.1, -0.05) is 23.7 Å². The molecule has 0 unspecified atom stereocenters. The minimum absolute atomic E-state index is 0.0129. The first-order chi connectivity index (χ1) is 14.2. The Morgan fingerprint density at radius 3 is 2.63 bits per heavy atom. The Bertz CT molecular complexity index is 1020. The molecule has 0 spiro atoms. The number of carboxylic acids is 1. The predicted octanol–water partition coefficient (Wildman–Crippen LogP) is 2.57. The standard InChI is InChI=1S/C15H15ClN2O2S.C5H6N2O2/c16-11-3-1-2-9(6-13-12(19)7-14(20)21-13)15(11)18-5-4-10(17)8-18;1-7-3-2-4(6-7)5(8)9/h1-3,6,10H,4-5,7-8,17H2;2-3H,1H3,(H,8,9)/b13-6-;/t10-;/m0./s1. The van der Waals surface area contributed by atoms with Crippen LogP contribution in [0.25, 0.3) is 6.08 Å². The van der Waals surface area contributed by atoms with Crippen LogP contribution in [0.4, 0.5) is 5.69 Å². The fourth-order valence-electron chi connectivity index (χ4n) is 3.19. The molecule has 0 aliphatic carbocycles. The minimum atomic E-state index is -0.990. The van der Waals surface area contributed by atoms with Gasteiger partial charge in [0.2, 0.25) is 5.12 Å². The molecule has 2 aromatic rings. The van der Waals surface area contributed by atoms with E-state index in [0.717, 1.165) is 42.5 Å². The van der Waals surface area contributed by atoms with Gasteiger partial charge in [-0.25, -0.2) is 4.79 Å². The topological polar surface area (TPSA) is 119 Å². The van der Waals surface area contributed by atoms with Crippen molar-refractivity contribution >= 4 is 52.0 Å². The number of hydrogen-bond acceptors (Lipinski definition) is 7. The van der Waals surface area contributed by atoms with E-state index in [9.17, 15) is 14.4 Å². The number of Topliss-reactive ketones (excluding diaryl/α,β-unsaturated/α-hetero) is 1. The summed E-state index contributed by atoms with van der Waals surface area (Å²) in [5, 5.41) is 12.5. The smallest absolute Gasteiger partial charge is 0.356 e. The molecule has 3 N–H and O–H groups in total. The molecule has 3 heterocycles. The second kappa shape index (κ2) is 9.46. The molecule has 2 saturated heterocycles. The van der Waals surface area contributed by atoms with Gasteiger partial charge in [0.15, 0.2) is 11.5 Å². The molecule has 0 bridgehead atoms. The number of aryl methyl sites for hydroxylation is 1. The van der Waals surface area contributed by atoms with Crippen LogP contribution in [0.5, 0.6) is 0 Å². The first-order valence-electron chi connectivity index (χ1n) is 9.22. The molecular formula is C20H21ClN4O4S. The highest BCUT2D eigenvalue weighted by Gasteiger charge is 2.27. The second-order valence-electron chi connectivity index (χ2n) is 6.93. The zero-order chi connectivity index (χ0) is 21.8. The monoisotopic (exact) mass is 448 g/mol. The molecular weight excluding hydrogens is 428 g/mol. The number of thioether (sulfide) groups is 1. The van der Waals surface area contributed by atoms with Crippen molar-refractivity contribution < 1.29 is 19.5 Å². The Balaban J connectivity index is 0.000000239. The molecule has 30 heavy (non-hydrogen) atoms. The number of ketones is 1. The first-order valence-corrected chi connectivity index (χ1v) is 10.4. The summed E-state index contributed by atoms with van der Waals surface area (Å²) < 4.78 is 1.45. The van der Waals surface area contributed by atoms with Crippen molar-refractivity contribution in [3.8, 4) is 0 Å². The fraction of sp³-hybridized carbons (Fsp3) is 0.300. The molecule has 158 valence electrons. The molecule has 8 nitrogen and oxygen atoms in total. The van der Waals surface area contributed by atoms with E-state index >= 15 is 0 Å². The summed E-state index contributed by atoms with van der Waals surface area (Å²) in [6.45, 7) is 1.60. The van der Waals surface area contributed by atoms with E-state index in [0.29, 0.717) is 9.93 Å². The van der Waals surface area contributed by atoms with Crippen LogP contribution < -0.4 is 10.6 Å². The maximum atomic E-state index is 11.8. The number of aromatic carboxylic acids is 1. The third kappa shape index (κ3) is 5.29. The third-order valence-electron chi connectivity index (χ3n) is 4.58. The number of para-hydroxylation sites is 1. The first kappa shape index (κ1) is 22.1. The van der Waals surface area contributed by atoms with Crippen LogP contribution in [-0.2, 0) is 16.6 Å². The van der Waals surface area contributed by atoms with Gasteiger partial charge in [0, 0.05) is 37.9 Å². The highest BCUT2D eigenvalue weighted by molar-refractivity contribution is 8.18. The molecule has 1 aromatic heterocycles. The molecule has 4 rings (SSSR count). The Kier molecular flexibility index (Phi) is 6.96. The summed E-state index contributed by atoms with van der Waals surface area (Å²) in [7, 11) is 1.67. The van der Waals surface area contributed by atoms with Gasteiger partial charge in [-0.3, -0.25) is 14.3 Å². The fourth-order valence-corrected chi connectivity index (χ4v) is 4.31. The normalized spacial score (nSPS) is 19.9. The van der Waals surface area contributed by atoms with Crippen LogP contribution in [-0.4, -0.2) is 50.9 Å². The summed E-state index contributed by atoms with van der Waals surface area (Å²) in [6.07, 6.45) is 4.26. The number of anilines is 1. The van der Waals surface area contributed by atoms with E-state index < -0.39 is 5.97 Å². The van der Waals surface area contributed by atoms with Crippen LogP contribution in [0.3, 0.4) is 0 Å². The number of hydrogen-bond donors (Lipinski definition) is 2. The van der Waals surface area contributed by atoms with Gasteiger partial charge >= 0.3 is 5.97 Å². The van der Waals surface area contributed by atoms with Crippen LogP contribution in [0.1, 0.15) is 28.9 Å². The number of rotatable bonds is 3. The maximum absolute atomic E-state index is 11.8. The Labute approximate surface area is 182 Å². The van der Waals surface area contributed by atoms with Crippen molar-refractivity contribution in [2.24, 2.45) is 12.8 Å². The van der Waals surface area contributed by atoms with Crippen molar-refractivity contribution in [2.45, 2.75) is 18.9 Å². The molecule has 1 atom stereocenters. The molecule has 0 radical (unpaired) electrons. The average Bonchev–Trinajstić information content (AvgIpc) is 3.37. The molecule has 2 fully saturated rings. The predicted molar refractivity (Wildman–Crippen MR) is 117 cm³/mol. The van der Waals surface area contributed by atoms with E-state index in [1.807, 2.05) is 18.2 Å². The van der Waals surface area contributed by atoms with Crippen molar-refractivity contribution in [3.05, 3.63) is 51.6 Å². The van der Waals surface area contributed by atoms with Gasteiger partial charge in [-0.2, -0.15) is 5.10 Å². The zero-order valence-electron chi connectivity index (χ0n) is 16.2. The van der Waals surface area contributed by atoms with Crippen molar-refractivity contribution in [1.82, 2.24) is 9.78 Å². The minimum Gasteiger partial charge on any atom is -0.476 e. The number of nitrogens with zero attached hydrogens (tertiary/aromatic N) is 3. The van der Waals surface area contributed by atoms with E-state index in [-0.39, 0.29) is 29.1 Å². The molecule has 2 aliphatic heterocycles. The zero-order valence-corrected chi connectivity index (χ0v) is 17.8. The quantitative estimate of drug-likeness (QED) is 0.543. The largest absolute Gasteiger partial charge is 0.476 e. The average molecular weight is 449 g/mol. The van der Waals surface area contributed by atoms with Crippen molar-refractivity contribution in [2.75, 3.05) is 18.0 Å². The van der Waals surface area contributed by atoms with Crippen LogP contribution in [0.15, 0.2) is 35.4 Å². The molecule has 10 heteroatoms. The number of carbonyl (C=O) groups is 3. The van der Waals surface area contributed by atoms with Crippen LogP contribution in [0.2, 0.25) is 5.02 Å². The lowest BCUT2D eigenvalue weighted by molar-refractivity contribution is -0.119. The van der Waals surface area contributed by atoms with Gasteiger partial charge in [0.05, 0.1) is 22.0 Å². The lowest BCUT2D eigenvalue weighted by atomic mass is 10.1. The summed E-state index contributed by atoms with van der Waals surface area (Å²) in [4.78, 5) is 35.9. The van der Waals surface area contributed by atoms with E-state index in [1.54, 1.807) is 19.3 Å². The van der Waals surface area contributed by atoms with Gasteiger partial charge in [-0.05, 0) is 36.4 Å². The highest BCUT2D eigenvalue weighted by atomic mass is 35.5. The number of carboxylic acid groups (broad SMARTS) is 1. The second-order valence-corrected chi connectivity index (χ2v) is 8.44. The summed E-state index contributed by atoms with van der Waals surface area (Å²) >= 11 is 7.35. The van der Waals surface area contributed by atoms with Crippen molar-refractivity contribution in [1.29, 1.82) is 0 Å². The maximum Gasteiger partial charge on any atom is 0.356 e. The number of halogens is 1. The molecule has 0 amide bonds. The molecule has 0 saturated carbocycles. The van der Waals surface area contributed by atoms with E-state index in [2.05, 4.69) is 10.00 Å². The number of allylic oxidation sites excluding steroid dienone is 1. The number of nitrogens with two attached hydrogens (primary N) is 1. The van der Waals surface area contributed by atoms with Crippen LogP contribution >= 0.6 is 23.4 Å². The van der Waals surface area contributed by atoms with Gasteiger partial charge in [0.25, 0.3) is 0 Å². The van der Waals surface area contributed by atoms with Gasteiger partial charge in [0.1, 0.15) is 0 Å². The molecule has 2 aliphatic rings. The van der Waals surface area contributed by atoms with E-state index in [1.165, 1.54) is 10.7 Å². The summed E-state index contributed by atoms with van der Waals surface area (Å²) in [5.41, 5.74) is 7.80. The van der Waals surface area contributed by atoms with Gasteiger partial charge in [-0.15, -0.1) is 0 Å². The number of carbonyl (C=O) groups excluding carboxylic acids is 2. The Morgan fingerprint density at radius 2 is 2.13 bits per heavy atom.